The Morgan fingerprint density at radius 3 is 0.588 bits per heavy atom. The minimum absolute atomic E-state index is 0.362. The Bertz CT molecular complexity index is 2800. The van der Waals surface area contributed by atoms with Gasteiger partial charge >= 0.3 is 30.6 Å². The van der Waals surface area contributed by atoms with Crippen molar-refractivity contribution in [3.8, 4) is 46.0 Å². The highest BCUT2D eigenvalue weighted by Gasteiger charge is 2.49. The molecule has 9 rings (SSSR count). The number of benzene rings is 8. The molecule has 0 saturated carbocycles. The first-order valence-corrected chi connectivity index (χ1v) is 27.7. The van der Waals surface area contributed by atoms with E-state index in [0.29, 0.717) is 46.0 Å². The SMILES string of the molecule is Cc1cccc(OP2(Oc3ccccc3)=NP(Oc3ccccc3)(Oc3cccc(C)c3)=NP(Oc3ccccc3)(Oc3cccc(C)c3)=NP(Oc3ccccc3)(Oc3cccc(C)c3)=N2)c1. The van der Waals surface area contributed by atoms with E-state index >= 15 is 0 Å². The Morgan fingerprint density at radius 2 is 0.397 bits per heavy atom. The summed E-state index contributed by atoms with van der Waals surface area (Å²) in [7, 11) is -17.6. The maximum absolute atomic E-state index is 7.19. The summed E-state index contributed by atoms with van der Waals surface area (Å²) >= 11 is 0. The summed E-state index contributed by atoms with van der Waals surface area (Å²) in [6.07, 6.45) is 0. The van der Waals surface area contributed by atoms with E-state index in [4.69, 9.17) is 54.3 Å². The Morgan fingerprint density at radius 1 is 0.221 bits per heavy atom. The lowest BCUT2D eigenvalue weighted by molar-refractivity contribution is 0.444. The van der Waals surface area contributed by atoms with E-state index in [-0.39, 0.29) is 0 Å². The van der Waals surface area contributed by atoms with Gasteiger partial charge in [0.05, 0.1) is 0 Å². The van der Waals surface area contributed by atoms with Gasteiger partial charge in [0.2, 0.25) is 0 Å². The third-order valence-electron chi connectivity index (χ3n) is 9.63. The summed E-state index contributed by atoms with van der Waals surface area (Å²) in [5, 5.41) is 0. The molecular formula is C52H48N4O8P4. The molecule has 12 nitrogen and oxygen atoms in total. The molecule has 8 aromatic rings. The minimum Gasteiger partial charge on any atom is -0.413 e. The molecular weight excluding hydrogens is 932 g/mol. The van der Waals surface area contributed by atoms with Gasteiger partial charge < -0.3 is 36.2 Å². The summed E-state index contributed by atoms with van der Waals surface area (Å²) in [5.41, 5.74) is 3.63. The molecule has 0 amide bonds. The number of nitrogens with zero attached hydrogens (tertiary/aromatic N) is 4. The molecule has 0 saturated heterocycles. The van der Waals surface area contributed by atoms with Gasteiger partial charge in [-0.05, 0) is 147 Å². The van der Waals surface area contributed by atoms with Crippen molar-refractivity contribution in [2.45, 2.75) is 27.7 Å². The van der Waals surface area contributed by atoms with E-state index in [1.165, 1.54) is 0 Å². The Kier molecular flexibility index (Phi) is 13.9. The van der Waals surface area contributed by atoms with Crippen molar-refractivity contribution in [1.82, 2.24) is 0 Å². The zero-order valence-electron chi connectivity index (χ0n) is 37.6. The zero-order valence-corrected chi connectivity index (χ0v) is 41.2. The van der Waals surface area contributed by atoms with Gasteiger partial charge in [-0.2, -0.15) is 0 Å². The van der Waals surface area contributed by atoms with Crippen LogP contribution in [0.3, 0.4) is 0 Å². The second kappa shape index (κ2) is 20.5. The lowest BCUT2D eigenvalue weighted by Gasteiger charge is -2.33. The smallest absolute Gasteiger partial charge is 0.413 e. The molecule has 344 valence electrons. The highest BCUT2D eigenvalue weighted by Crippen LogP contribution is 2.79. The highest BCUT2D eigenvalue weighted by molar-refractivity contribution is 7.79. The second-order valence-electron chi connectivity index (χ2n) is 15.6. The Hall–Kier alpha value is -6.92. The summed E-state index contributed by atoms with van der Waals surface area (Å²) in [6, 6.07) is 66.6. The number of hydrogen-bond donors (Lipinski definition) is 0. The Labute approximate surface area is 397 Å². The van der Waals surface area contributed by atoms with Crippen LogP contribution in [0.2, 0.25) is 0 Å². The predicted octanol–water partition coefficient (Wildman–Crippen LogP) is 17.7. The number of rotatable bonds is 16. The molecule has 1 aliphatic heterocycles. The van der Waals surface area contributed by atoms with Crippen LogP contribution in [0.1, 0.15) is 22.3 Å². The number of aryl methyl sites for hydroxylation is 4. The molecule has 16 heteroatoms. The van der Waals surface area contributed by atoms with Gasteiger partial charge in [0, 0.05) is 0 Å². The van der Waals surface area contributed by atoms with Crippen molar-refractivity contribution >= 4 is 30.6 Å². The largest absolute Gasteiger partial charge is 0.460 e. The summed E-state index contributed by atoms with van der Waals surface area (Å²) < 4.78 is 79.8. The van der Waals surface area contributed by atoms with Gasteiger partial charge in [0.25, 0.3) is 0 Å². The first kappa shape index (κ1) is 46.2. The average molecular weight is 981 g/mol. The van der Waals surface area contributed by atoms with Gasteiger partial charge in [-0.25, -0.2) is 0 Å². The Balaban J connectivity index is 1.50. The highest BCUT2D eigenvalue weighted by atomic mass is 31.3. The second-order valence-corrected chi connectivity index (χ2v) is 23.8. The van der Waals surface area contributed by atoms with E-state index in [9.17, 15) is 0 Å². The molecule has 0 bridgehead atoms. The van der Waals surface area contributed by atoms with Crippen molar-refractivity contribution in [2.24, 2.45) is 18.1 Å². The molecule has 1 heterocycles. The van der Waals surface area contributed by atoms with Crippen LogP contribution in [0.5, 0.6) is 46.0 Å². The molecule has 8 aromatic carbocycles. The molecule has 0 aromatic heterocycles. The van der Waals surface area contributed by atoms with E-state index in [0.717, 1.165) is 22.3 Å². The van der Waals surface area contributed by atoms with Gasteiger partial charge in [0.1, 0.15) is 46.0 Å². The fourth-order valence-electron chi connectivity index (χ4n) is 6.72. The van der Waals surface area contributed by atoms with E-state index in [2.05, 4.69) is 0 Å². The average Bonchev–Trinajstić information content (AvgIpc) is 3.30. The van der Waals surface area contributed by atoms with Crippen molar-refractivity contribution in [3.63, 3.8) is 0 Å². The quantitative estimate of drug-likeness (QED) is 0.0877. The van der Waals surface area contributed by atoms with Gasteiger partial charge in [-0.15, -0.1) is 0 Å². The van der Waals surface area contributed by atoms with Crippen molar-refractivity contribution in [3.05, 3.63) is 241 Å². The van der Waals surface area contributed by atoms with Crippen LogP contribution in [-0.4, -0.2) is 0 Å². The summed E-state index contributed by atoms with van der Waals surface area (Å²) in [4.78, 5) is 0. The fraction of sp³-hybridized carbons (Fsp3) is 0.0769. The minimum atomic E-state index is -4.40. The van der Waals surface area contributed by atoms with Crippen LogP contribution in [0.4, 0.5) is 0 Å². The van der Waals surface area contributed by atoms with E-state index in [1.807, 2.05) is 173 Å². The van der Waals surface area contributed by atoms with Gasteiger partial charge in [0.15, 0.2) is 0 Å². The first-order valence-electron chi connectivity index (χ1n) is 21.6. The molecule has 0 radical (unpaired) electrons. The molecule has 0 aliphatic carbocycles. The van der Waals surface area contributed by atoms with Crippen LogP contribution >= 0.6 is 30.6 Å². The fourth-order valence-corrected chi connectivity index (χ4v) is 18.8. The van der Waals surface area contributed by atoms with Crippen LogP contribution in [0.15, 0.2) is 236 Å². The normalized spacial score (nSPS) is 20.8. The van der Waals surface area contributed by atoms with Crippen LogP contribution < -0.4 is 36.2 Å². The maximum Gasteiger partial charge on any atom is 0.460 e. The first-order chi connectivity index (χ1) is 33.0. The molecule has 0 spiro atoms. The standard InChI is InChI=1S/C52H48N4O8P4/c1-41-21-17-33-49(37-41)61-65(57-45-25-9-5-10-26-45)53-66(58-46-27-11-6-12-28-46,62-50-34-18-22-42(2)38-50)55-68(60-48-31-15-8-16-32-48,64-52-36-20-24-44(4)40-52)56-67(54-65,59-47-29-13-7-14-30-47)63-51-35-19-23-43(3)39-51/h5-40H,1-4H3. The van der Waals surface area contributed by atoms with Crippen molar-refractivity contribution < 1.29 is 36.2 Å². The lowest BCUT2D eigenvalue weighted by Crippen LogP contribution is -2.11. The molecule has 1 aliphatic rings. The third-order valence-corrected chi connectivity index (χ3v) is 20.5. The zero-order chi connectivity index (χ0) is 46.9. The van der Waals surface area contributed by atoms with Crippen molar-refractivity contribution in [1.29, 1.82) is 0 Å². The summed E-state index contributed by atoms with van der Waals surface area (Å²) in [6.45, 7) is 7.84. The third kappa shape index (κ3) is 12.0. The van der Waals surface area contributed by atoms with Gasteiger partial charge in [-0.3, -0.25) is 0 Å². The van der Waals surface area contributed by atoms with Crippen LogP contribution in [-0.2, 0) is 0 Å². The molecule has 0 atom stereocenters. The summed E-state index contributed by atoms with van der Waals surface area (Å²) in [5.74, 6) is 2.95. The monoisotopic (exact) mass is 980 g/mol. The molecule has 68 heavy (non-hydrogen) atoms. The predicted molar refractivity (Wildman–Crippen MR) is 273 cm³/mol. The lowest BCUT2D eigenvalue weighted by atomic mass is 10.2. The van der Waals surface area contributed by atoms with E-state index in [1.54, 1.807) is 72.8 Å². The van der Waals surface area contributed by atoms with Crippen LogP contribution in [0.25, 0.3) is 0 Å². The molecule has 0 N–H and O–H groups in total. The van der Waals surface area contributed by atoms with Gasteiger partial charge in [-0.1, -0.05) is 139 Å². The maximum atomic E-state index is 7.19. The number of hydrogen-bond acceptors (Lipinski definition) is 12. The van der Waals surface area contributed by atoms with E-state index < -0.39 is 30.6 Å². The topological polar surface area (TPSA) is 123 Å². The van der Waals surface area contributed by atoms with Crippen molar-refractivity contribution in [2.75, 3.05) is 0 Å². The number of para-hydroxylation sites is 4. The van der Waals surface area contributed by atoms with Crippen LogP contribution in [0, 0.1) is 27.7 Å². The molecule has 0 unspecified atom stereocenters. The molecule has 0 fully saturated rings.